The van der Waals surface area contributed by atoms with E-state index in [1.807, 2.05) is 37.8 Å². The lowest BCUT2D eigenvalue weighted by atomic mass is 9.97. The average Bonchev–Trinajstić information content (AvgIpc) is 2.53. The number of nitrogens with one attached hydrogen (secondary N) is 1. The molecule has 0 saturated carbocycles. The Morgan fingerprint density at radius 1 is 1.00 bits per heavy atom. The van der Waals surface area contributed by atoms with Crippen LogP contribution in [0.4, 0.5) is 0 Å². The Kier molecular flexibility index (Phi) is 3.70. The normalized spacial score (nSPS) is 12.4. The molecular weight excluding hydrogens is 246 g/mol. The van der Waals surface area contributed by atoms with E-state index in [0.29, 0.717) is 0 Å². The Morgan fingerprint density at radius 2 is 1.90 bits per heavy atom. The van der Waals surface area contributed by atoms with E-state index < -0.39 is 0 Å². The molecule has 0 radical (unpaired) electrons. The summed E-state index contributed by atoms with van der Waals surface area (Å²) >= 11 is 0. The fourth-order valence-corrected chi connectivity index (χ4v) is 2.54. The summed E-state index contributed by atoms with van der Waals surface area (Å²) in [5, 5.41) is 5.82. The van der Waals surface area contributed by atoms with Gasteiger partial charge in [0.1, 0.15) is 0 Å². The van der Waals surface area contributed by atoms with Gasteiger partial charge < -0.3 is 5.32 Å². The predicted molar refractivity (Wildman–Crippen MR) is 81.5 cm³/mol. The van der Waals surface area contributed by atoms with Crippen LogP contribution in [0.1, 0.15) is 17.2 Å². The molecule has 1 atom stereocenters. The zero-order valence-corrected chi connectivity index (χ0v) is 11.5. The van der Waals surface area contributed by atoms with E-state index in [9.17, 15) is 0 Å². The summed E-state index contributed by atoms with van der Waals surface area (Å²) in [6.07, 6.45) is 8.50. The van der Waals surface area contributed by atoms with E-state index >= 15 is 0 Å². The van der Waals surface area contributed by atoms with Gasteiger partial charge in [0.05, 0.1) is 0 Å². The Labute approximate surface area is 118 Å². The van der Waals surface area contributed by atoms with E-state index in [1.165, 1.54) is 21.9 Å². The molecule has 0 aliphatic rings. The second-order valence-corrected chi connectivity index (χ2v) is 4.86. The number of aromatic nitrogens is 2. The van der Waals surface area contributed by atoms with Gasteiger partial charge in [-0.2, -0.15) is 0 Å². The summed E-state index contributed by atoms with van der Waals surface area (Å²) in [5.74, 6) is 0. The van der Waals surface area contributed by atoms with Gasteiger partial charge in [0, 0.05) is 36.2 Å². The van der Waals surface area contributed by atoms with Crippen molar-refractivity contribution >= 4 is 10.8 Å². The first-order chi connectivity index (χ1) is 9.88. The van der Waals surface area contributed by atoms with Gasteiger partial charge in [-0.1, -0.05) is 30.3 Å². The lowest BCUT2D eigenvalue weighted by Crippen LogP contribution is -2.19. The first-order valence-corrected chi connectivity index (χ1v) is 6.77. The molecule has 1 N–H and O–H groups in total. The zero-order valence-electron chi connectivity index (χ0n) is 11.5. The Balaban J connectivity index is 1.99. The van der Waals surface area contributed by atoms with Crippen molar-refractivity contribution < 1.29 is 0 Å². The molecule has 0 saturated heterocycles. The van der Waals surface area contributed by atoms with Gasteiger partial charge in [0.15, 0.2) is 0 Å². The fourth-order valence-electron chi connectivity index (χ4n) is 2.54. The highest BCUT2D eigenvalue weighted by Gasteiger charge is 2.13. The molecule has 0 spiro atoms. The summed E-state index contributed by atoms with van der Waals surface area (Å²) in [7, 11) is 1.99. The molecule has 3 nitrogen and oxygen atoms in total. The van der Waals surface area contributed by atoms with Crippen LogP contribution >= 0.6 is 0 Å². The first-order valence-electron chi connectivity index (χ1n) is 6.77. The van der Waals surface area contributed by atoms with Crippen LogP contribution < -0.4 is 5.32 Å². The van der Waals surface area contributed by atoms with Crippen molar-refractivity contribution in [2.45, 2.75) is 12.5 Å². The number of hydrogen-bond donors (Lipinski definition) is 1. The van der Waals surface area contributed by atoms with Gasteiger partial charge in [0.2, 0.25) is 0 Å². The summed E-state index contributed by atoms with van der Waals surface area (Å²) in [6.45, 7) is 0. The van der Waals surface area contributed by atoms with Crippen molar-refractivity contribution in [1.82, 2.24) is 15.3 Å². The van der Waals surface area contributed by atoms with Gasteiger partial charge in [-0.3, -0.25) is 9.97 Å². The van der Waals surface area contributed by atoms with Crippen LogP contribution in [0.5, 0.6) is 0 Å². The monoisotopic (exact) mass is 263 g/mol. The van der Waals surface area contributed by atoms with E-state index in [2.05, 4.69) is 39.6 Å². The number of likely N-dealkylation sites (N-methyl/N-ethyl adjacent to an activating group) is 1. The van der Waals surface area contributed by atoms with Crippen LogP contribution in [0.25, 0.3) is 10.8 Å². The van der Waals surface area contributed by atoms with Crippen LogP contribution in [0.15, 0.2) is 61.2 Å². The molecule has 0 amide bonds. The van der Waals surface area contributed by atoms with Crippen molar-refractivity contribution in [2.75, 3.05) is 7.05 Å². The molecule has 0 fully saturated rings. The molecule has 0 aliphatic carbocycles. The largest absolute Gasteiger partial charge is 0.313 e. The minimum Gasteiger partial charge on any atom is -0.313 e. The predicted octanol–water partition coefficient (Wildman–Crippen LogP) is 3.13. The summed E-state index contributed by atoms with van der Waals surface area (Å²) in [4.78, 5) is 8.55. The highest BCUT2D eigenvalue weighted by Crippen LogP contribution is 2.25. The Hall–Kier alpha value is -2.26. The Morgan fingerprint density at radius 3 is 2.70 bits per heavy atom. The van der Waals surface area contributed by atoms with Gasteiger partial charge >= 0.3 is 0 Å². The first kappa shape index (κ1) is 12.8. The molecule has 1 aromatic carbocycles. The smallest absolute Gasteiger partial charge is 0.0380 e. The van der Waals surface area contributed by atoms with E-state index in [1.54, 1.807) is 6.20 Å². The maximum atomic E-state index is 4.37. The van der Waals surface area contributed by atoms with Crippen molar-refractivity contribution in [1.29, 1.82) is 0 Å². The second-order valence-electron chi connectivity index (χ2n) is 4.86. The fraction of sp³-hybridized carbons (Fsp3) is 0.176. The molecule has 20 heavy (non-hydrogen) atoms. The van der Waals surface area contributed by atoms with Crippen LogP contribution in [0.2, 0.25) is 0 Å². The number of fused-ring (bicyclic) bond motifs is 1. The SMILES string of the molecule is CNC(Cc1cccnc1)c1cncc2ccccc12. The molecule has 2 aromatic heterocycles. The number of benzene rings is 1. The third kappa shape index (κ3) is 2.53. The highest BCUT2D eigenvalue weighted by molar-refractivity contribution is 5.85. The maximum Gasteiger partial charge on any atom is 0.0380 e. The topological polar surface area (TPSA) is 37.8 Å². The summed E-state index contributed by atoms with van der Waals surface area (Å²) in [5.41, 5.74) is 2.45. The van der Waals surface area contributed by atoms with E-state index in [-0.39, 0.29) is 6.04 Å². The average molecular weight is 263 g/mol. The van der Waals surface area contributed by atoms with Crippen LogP contribution in [-0.2, 0) is 6.42 Å². The summed E-state index contributed by atoms with van der Waals surface area (Å²) in [6, 6.07) is 12.7. The molecule has 1 unspecified atom stereocenters. The number of nitrogens with zero attached hydrogens (tertiary/aromatic N) is 2. The Bertz CT molecular complexity index is 689. The van der Waals surface area contributed by atoms with Crippen LogP contribution in [0, 0.1) is 0 Å². The van der Waals surface area contributed by atoms with E-state index in [4.69, 9.17) is 0 Å². The standard InChI is InChI=1S/C17H17N3/c1-18-17(9-13-5-4-8-19-10-13)16-12-20-11-14-6-2-3-7-15(14)16/h2-8,10-12,17-18H,9H2,1H3. The molecule has 0 bridgehead atoms. The zero-order chi connectivity index (χ0) is 13.8. The molecule has 3 rings (SSSR count). The quantitative estimate of drug-likeness (QED) is 0.786. The minimum atomic E-state index is 0.234. The number of rotatable bonds is 4. The van der Waals surface area contributed by atoms with Crippen LogP contribution in [-0.4, -0.2) is 17.0 Å². The molecule has 3 aromatic rings. The molecular formula is C17H17N3. The van der Waals surface area contributed by atoms with E-state index in [0.717, 1.165) is 6.42 Å². The van der Waals surface area contributed by atoms with Crippen LogP contribution in [0.3, 0.4) is 0 Å². The second kappa shape index (κ2) is 5.80. The molecule has 100 valence electrons. The number of hydrogen-bond acceptors (Lipinski definition) is 3. The third-order valence-corrected chi connectivity index (χ3v) is 3.59. The number of pyridine rings is 2. The van der Waals surface area contributed by atoms with Crippen molar-refractivity contribution in [2.24, 2.45) is 0 Å². The van der Waals surface area contributed by atoms with Crippen molar-refractivity contribution in [3.63, 3.8) is 0 Å². The maximum absolute atomic E-state index is 4.37. The third-order valence-electron chi connectivity index (χ3n) is 3.59. The lowest BCUT2D eigenvalue weighted by Gasteiger charge is -2.18. The van der Waals surface area contributed by atoms with Gasteiger partial charge in [0.25, 0.3) is 0 Å². The molecule has 0 aliphatic heterocycles. The highest BCUT2D eigenvalue weighted by atomic mass is 14.9. The van der Waals surface area contributed by atoms with Gasteiger partial charge in [-0.25, -0.2) is 0 Å². The molecule has 2 heterocycles. The van der Waals surface area contributed by atoms with Gasteiger partial charge in [-0.05, 0) is 36.0 Å². The summed E-state index contributed by atoms with van der Waals surface area (Å²) < 4.78 is 0. The van der Waals surface area contributed by atoms with Gasteiger partial charge in [-0.15, -0.1) is 0 Å². The lowest BCUT2D eigenvalue weighted by molar-refractivity contribution is 0.593. The molecule has 3 heteroatoms. The minimum absolute atomic E-state index is 0.234. The van der Waals surface area contributed by atoms with Crippen molar-refractivity contribution in [3.05, 3.63) is 72.3 Å². The van der Waals surface area contributed by atoms with Crippen molar-refractivity contribution in [3.8, 4) is 0 Å².